The molecule has 3 aromatic carbocycles. The van der Waals surface area contributed by atoms with Crippen LogP contribution in [0.1, 0.15) is 23.6 Å². The maximum Gasteiger partial charge on any atom is 0.270 e. The van der Waals surface area contributed by atoms with Crippen molar-refractivity contribution in [2.75, 3.05) is 14.2 Å². The number of phenols is 1. The number of aromatic hydroxyl groups is 1. The van der Waals surface area contributed by atoms with E-state index < -0.39 is 16.6 Å². The maximum atomic E-state index is 12.1. The fourth-order valence-electron chi connectivity index (χ4n) is 3.57. The van der Waals surface area contributed by atoms with Gasteiger partial charge in [0.2, 0.25) is 0 Å². The molecular formula is C24H24N2O6. The van der Waals surface area contributed by atoms with Crippen LogP contribution in [0.4, 0.5) is 5.69 Å². The molecule has 1 unspecified atom stereocenters. The van der Waals surface area contributed by atoms with Crippen molar-refractivity contribution in [1.82, 2.24) is 0 Å². The molecule has 3 rings (SSSR count). The monoisotopic (exact) mass is 436 g/mol. The molecule has 2 N–H and O–H groups in total. The second kappa shape index (κ2) is 9.49. The second-order valence-corrected chi connectivity index (χ2v) is 7.12. The van der Waals surface area contributed by atoms with Crippen molar-refractivity contribution in [2.24, 2.45) is 4.99 Å². The number of methoxy groups -OCH3 is 2. The molecule has 0 aliphatic carbocycles. The van der Waals surface area contributed by atoms with E-state index in [1.54, 1.807) is 55.5 Å². The molecule has 3 aromatic rings. The lowest BCUT2D eigenvalue weighted by molar-refractivity contribution is -0.384. The van der Waals surface area contributed by atoms with Crippen LogP contribution in [-0.4, -0.2) is 41.6 Å². The van der Waals surface area contributed by atoms with Gasteiger partial charge in [-0.25, -0.2) is 0 Å². The van der Waals surface area contributed by atoms with Crippen LogP contribution in [0.25, 0.3) is 0 Å². The number of rotatable bonds is 8. The number of aliphatic imine (C=N–C) groups is 1. The third kappa shape index (κ3) is 4.26. The standard InChI is InChI=1S/C24H24N2O6/c1-16(25-15-17-14-18(26(29)30)12-13-21(17)27)24(28,19-8-4-6-10-22(19)31-2)20-9-5-7-11-23(20)32-3/h4-16,27-28H,1-3H3. The SMILES string of the molecule is COc1ccccc1C(O)(c1ccccc1OC)C(C)N=Cc1cc([N+](=O)[O-])ccc1O. The number of para-hydroxylation sites is 2. The highest BCUT2D eigenvalue weighted by molar-refractivity contribution is 5.84. The highest BCUT2D eigenvalue weighted by Crippen LogP contribution is 2.43. The summed E-state index contributed by atoms with van der Waals surface area (Å²) in [6, 6.07) is 16.9. The molecule has 0 spiro atoms. The van der Waals surface area contributed by atoms with Crippen LogP contribution in [0.3, 0.4) is 0 Å². The van der Waals surface area contributed by atoms with Gasteiger partial charge in [0, 0.05) is 35.0 Å². The molecule has 0 bridgehead atoms. The highest BCUT2D eigenvalue weighted by Gasteiger charge is 2.42. The van der Waals surface area contributed by atoms with Gasteiger partial charge in [0.05, 0.1) is 25.2 Å². The zero-order chi connectivity index (χ0) is 23.3. The molecule has 1 atom stereocenters. The molecule has 0 amide bonds. The Bertz CT molecular complexity index is 1100. The van der Waals surface area contributed by atoms with Gasteiger partial charge < -0.3 is 19.7 Å². The predicted octanol–water partition coefficient (Wildman–Crippen LogP) is 4.06. The summed E-state index contributed by atoms with van der Waals surface area (Å²) in [5, 5.41) is 33.3. The first-order valence-electron chi connectivity index (χ1n) is 9.82. The Balaban J connectivity index is 2.15. The van der Waals surface area contributed by atoms with E-state index in [9.17, 15) is 20.3 Å². The van der Waals surface area contributed by atoms with Gasteiger partial charge in [0.25, 0.3) is 5.69 Å². The van der Waals surface area contributed by atoms with Gasteiger partial charge in [-0.05, 0) is 25.1 Å². The molecule has 0 aliphatic heterocycles. The Morgan fingerprint density at radius 2 is 1.53 bits per heavy atom. The minimum absolute atomic E-state index is 0.161. The Kier molecular flexibility index (Phi) is 6.75. The van der Waals surface area contributed by atoms with Crippen LogP contribution in [0.5, 0.6) is 17.2 Å². The maximum absolute atomic E-state index is 12.1. The molecule has 0 aromatic heterocycles. The first-order chi connectivity index (χ1) is 15.3. The van der Waals surface area contributed by atoms with Crippen LogP contribution in [0, 0.1) is 10.1 Å². The molecule has 0 radical (unpaired) electrons. The molecule has 8 heteroatoms. The summed E-state index contributed by atoms with van der Waals surface area (Å²) in [4.78, 5) is 15.0. The number of hydrogen-bond donors (Lipinski definition) is 2. The van der Waals surface area contributed by atoms with Crippen molar-refractivity contribution in [3.63, 3.8) is 0 Å². The molecule has 32 heavy (non-hydrogen) atoms. The van der Waals surface area contributed by atoms with Crippen molar-refractivity contribution in [1.29, 1.82) is 0 Å². The number of phenolic OH excluding ortho intramolecular Hbond substituents is 1. The summed E-state index contributed by atoms with van der Waals surface area (Å²) in [7, 11) is 3.02. The molecule has 8 nitrogen and oxygen atoms in total. The van der Waals surface area contributed by atoms with Crippen molar-refractivity contribution in [3.05, 3.63) is 93.5 Å². The molecule has 0 heterocycles. The number of nitro groups is 1. The molecule has 0 saturated carbocycles. The zero-order valence-corrected chi connectivity index (χ0v) is 17.9. The smallest absolute Gasteiger partial charge is 0.270 e. The normalized spacial score (nSPS) is 12.5. The van der Waals surface area contributed by atoms with Crippen molar-refractivity contribution < 1.29 is 24.6 Å². The Morgan fingerprint density at radius 3 is 2.03 bits per heavy atom. The fourth-order valence-corrected chi connectivity index (χ4v) is 3.57. The van der Waals surface area contributed by atoms with E-state index in [4.69, 9.17) is 9.47 Å². The van der Waals surface area contributed by atoms with Crippen molar-refractivity contribution in [2.45, 2.75) is 18.6 Å². The number of benzene rings is 3. The van der Waals surface area contributed by atoms with E-state index >= 15 is 0 Å². The number of non-ortho nitro benzene ring substituents is 1. The van der Waals surface area contributed by atoms with Gasteiger partial charge in [-0.15, -0.1) is 0 Å². The lowest BCUT2D eigenvalue weighted by Gasteiger charge is -2.35. The Hall–Kier alpha value is -3.91. The molecule has 166 valence electrons. The third-order valence-electron chi connectivity index (χ3n) is 5.30. The molecule has 0 fully saturated rings. The van der Waals surface area contributed by atoms with E-state index in [-0.39, 0.29) is 17.0 Å². The molecule has 0 aliphatic rings. The van der Waals surface area contributed by atoms with E-state index in [0.29, 0.717) is 22.6 Å². The van der Waals surface area contributed by atoms with E-state index in [1.165, 1.54) is 38.6 Å². The number of hydrogen-bond acceptors (Lipinski definition) is 7. The minimum Gasteiger partial charge on any atom is -0.507 e. The zero-order valence-electron chi connectivity index (χ0n) is 17.9. The minimum atomic E-state index is -1.67. The third-order valence-corrected chi connectivity index (χ3v) is 5.30. The van der Waals surface area contributed by atoms with E-state index in [2.05, 4.69) is 4.99 Å². The molecular weight excluding hydrogens is 412 g/mol. The lowest BCUT2D eigenvalue weighted by Crippen LogP contribution is -2.38. The topological polar surface area (TPSA) is 114 Å². The van der Waals surface area contributed by atoms with Crippen molar-refractivity contribution in [3.8, 4) is 17.2 Å². The summed E-state index contributed by atoms with van der Waals surface area (Å²) in [5.41, 5.74) is -0.749. The Labute approximate surface area is 185 Å². The average molecular weight is 436 g/mol. The number of aliphatic hydroxyl groups is 1. The van der Waals surface area contributed by atoms with Gasteiger partial charge in [-0.3, -0.25) is 15.1 Å². The van der Waals surface area contributed by atoms with Gasteiger partial charge in [0.1, 0.15) is 22.8 Å². The Morgan fingerprint density at radius 1 is 1.00 bits per heavy atom. The van der Waals surface area contributed by atoms with Gasteiger partial charge in [0.15, 0.2) is 0 Å². The number of nitrogens with zero attached hydrogens (tertiary/aromatic N) is 2. The lowest BCUT2D eigenvalue weighted by atomic mass is 9.80. The van der Waals surface area contributed by atoms with Gasteiger partial charge in [-0.1, -0.05) is 36.4 Å². The van der Waals surface area contributed by atoms with Crippen LogP contribution >= 0.6 is 0 Å². The summed E-state index contributed by atoms with van der Waals surface area (Å²) in [6.07, 6.45) is 1.31. The van der Waals surface area contributed by atoms with Crippen LogP contribution < -0.4 is 9.47 Å². The predicted molar refractivity (Wildman–Crippen MR) is 121 cm³/mol. The first kappa shape index (κ1) is 22.8. The van der Waals surface area contributed by atoms with Gasteiger partial charge in [-0.2, -0.15) is 0 Å². The number of ether oxygens (including phenoxy) is 2. The quantitative estimate of drug-likeness (QED) is 0.313. The van der Waals surface area contributed by atoms with Crippen LogP contribution in [0.2, 0.25) is 0 Å². The van der Waals surface area contributed by atoms with Crippen LogP contribution in [-0.2, 0) is 5.60 Å². The summed E-state index contributed by atoms with van der Waals surface area (Å²) < 4.78 is 11.0. The van der Waals surface area contributed by atoms with Crippen LogP contribution in [0.15, 0.2) is 71.7 Å². The summed E-state index contributed by atoms with van der Waals surface area (Å²) in [5.74, 6) is 0.756. The summed E-state index contributed by atoms with van der Waals surface area (Å²) in [6.45, 7) is 1.70. The number of nitro benzene ring substituents is 1. The summed E-state index contributed by atoms with van der Waals surface area (Å²) >= 11 is 0. The second-order valence-electron chi connectivity index (χ2n) is 7.12. The first-order valence-corrected chi connectivity index (χ1v) is 9.82. The van der Waals surface area contributed by atoms with Gasteiger partial charge >= 0.3 is 0 Å². The molecule has 0 saturated heterocycles. The average Bonchev–Trinajstić information content (AvgIpc) is 2.82. The fraction of sp³-hybridized carbons (Fsp3) is 0.208. The highest BCUT2D eigenvalue weighted by atomic mass is 16.6. The van der Waals surface area contributed by atoms with E-state index in [1.807, 2.05) is 0 Å². The largest absolute Gasteiger partial charge is 0.507 e. The van der Waals surface area contributed by atoms with Crippen molar-refractivity contribution >= 4 is 11.9 Å². The van der Waals surface area contributed by atoms with E-state index in [0.717, 1.165) is 0 Å².